The van der Waals surface area contributed by atoms with Gasteiger partial charge >= 0.3 is 5.97 Å². The van der Waals surface area contributed by atoms with Gasteiger partial charge in [-0.05, 0) is 28.8 Å². The van der Waals surface area contributed by atoms with Gasteiger partial charge in [0.15, 0.2) is 0 Å². The van der Waals surface area contributed by atoms with E-state index in [0.717, 1.165) is 22.4 Å². The third kappa shape index (κ3) is 3.06. The maximum Gasteiger partial charge on any atom is 0.314 e. The van der Waals surface area contributed by atoms with Gasteiger partial charge in [-0.3, -0.25) is 4.79 Å². The number of hydrogen-bond donors (Lipinski definition) is 1. The molecule has 23 heavy (non-hydrogen) atoms. The molecule has 0 amide bonds. The number of nitrogens with zero attached hydrogens (tertiary/aromatic N) is 2. The molecule has 1 heterocycles. The van der Waals surface area contributed by atoms with Gasteiger partial charge in [0, 0.05) is 18.1 Å². The van der Waals surface area contributed by atoms with E-state index in [2.05, 4.69) is 11.6 Å². The van der Waals surface area contributed by atoms with Gasteiger partial charge in [0.25, 0.3) is 0 Å². The molecule has 0 radical (unpaired) electrons. The van der Waals surface area contributed by atoms with Crippen LogP contribution in [0.15, 0.2) is 79.9 Å². The van der Waals surface area contributed by atoms with Crippen LogP contribution in [0.3, 0.4) is 0 Å². The van der Waals surface area contributed by atoms with Gasteiger partial charge in [0.1, 0.15) is 0 Å². The van der Waals surface area contributed by atoms with Crippen LogP contribution in [0.25, 0.3) is 16.8 Å². The molecule has 0 spiro atoms. The number of carbonyl (C=O) groups is 1. The van der Waals surface area contributed by atoms with Crippen molar-refractivity contribution >= 4 is 5.97 Å². The fraction of sp³-hybridized carbons (Fsp3) is 0.0526. The first-order valence-corrected chi connectivity index (χ1v) is 7.23. The maximum atomic E-state index is 11.2. The summed E-state index contributed by atoms with van der Waals surface area (Å²) in [6, 6.07) is 15.6. The molecule has 4 nitrogen and oxygen atoms in total. The molecule has 114 valence electrons. The lowest BCUT2D eigenvalue weighted by Gasteiger charge is -2.09. The van der Waals surface area contributed by atoms with Crippen molar-refractivity contribution in [3.63, 3.8) is 0 Å². The molecule has 0 fully saturated rings. The molecule has 0 aliphatic heterocycles. The molecule has 4 heteroatoms. The van der Waals surface area contributed by atoms with E-state index >= 15 is 0 Å². The van der Waals surface area contributed by atoms with Crippen LogP contribution in [0.5, 0.6) is 0 Å². The Kier molecular flexibility index (Phi) is 4.06. The Morgan fingerprint density at radius 3 is 2.17 bits per heavy atom. The lowest BCUT2D eigenvalue weighted by molar-refractivity contribution is -0.137. The van der Waals surface area contributed by atoms with Crippen LogP contribution in [0, 0.1) is 0 Å². The fourth-order valence-electron chi connectivity index (χ4n) is 2.50. The fourth-order valence-corrected chi connectivity index (χ4v) is 2.50. The number of benzene rings is 2. The third-order valence-corrected chi connectivity index (χ3v) is 3.77. The molecule has 1 N–H and O–H groups in total. The van der Waals surface area contributed by atoms with Crippen LogP contribution < -0.4 is 0 Å². The minimum absolute atomic E-state index is 0.673. The Morgan fingerprint density at radius 1 is 1.09 bits per heavy atom. The molecule has 0 aliphatic rings. The van der Waals surface area contributed by atoms with Crippen LogP contribution in [0.2, 0.25) is 0 Å². The first-order valence-electron chi connectivity index (χ1n) is 7.23. The largest absolute Gasteiger partial charge is 0.481 e. The monoisotopic (exact) mass is 304 g/mol. The van der Waals surface area contributed by atoms with Crippen molar-refractivity contribution in [2.45, 2.75) is 5.92 Å². The van der Waals surface area contributed by atoms with Crippen LogP contribution >= 0.6 is 0 Å². The Hall–Kier alpha value is -3.14. The standard InChI is InChI=1S/C19H16N2O2/c1-2-18(19(22)23)16-5-3-14(4-6-16)15-7-9-17(10-8-15)21-12-11-20-13-21/h2-13,18H,1H2,(H,22,23). The number of carboxylic acids is 1. The number of imidazole rings is 1. The third-order valence-electron chi connectivity index (χ3n) is 3.77. The predicted octanol–water partition coefficient (Wildman–Crippen LogP) is 3.89. The molecule has 1 atom stereocenters. The summed E-state index contributed by atoms with van der Waals surface area (Å²) in [6.07, 6.45) is 6.83. The smallest absolute Gasteiger partial charge is 0.314 e. The summed E-state index contributed by atoms with van der Waals surface area (Å²) in [6.45, 7) is 3.59. The van der Waals surface area contributed by atoms with Gasteiger partial charge in [0.05, 0.1) is 12.2 Å². The van der Waals surface area contributed by atoms with Crippen molar-refractivity contribution in [1.29, 1.82) is 0 Å². The van der Waals surface area contributed by atoms with E-state index in [1.165, 1.54) is 6.08 Å². The summed E-state index contributed by atoms with van der Waals surface area (Å²) in [5.74, 6) is -1.56. The topological polar surface area (TPSA) is 55.1 Å². The summed E-state index contributed by atoms with van der Waals surface area (Å²) in [5, 5.41) is 9.16. The average Bonchev–Trinajstić information content (AvgIpc) is 3.10. The Labute approximate surface area is 134 Å². The Bertz CT molecular complexity index is 804. The number of aromatic nitrogens is 2. The van der Waals surface area contributed by atoms with Crippen LogP contribution in [-0.2, 0) is 4.79 Å². The highest BCUT2D eigenvalue weighted by atomic mass is 16.4. The van der Waals surface area contributed by atoms with E-state index in [1.807, 2.05) is 59.3 Å². The van der Waals surface area contributed by atoms with E-state index in [-0.39, 0.29) is 0 Å². The SMILES string of the molecule is C=CC(C(=O)O)c1ccc(-c2ccc(-n3ccnc3)cc2)cc1. The predicted molar refractivity (Wildman–Crippen MR) is 89.6 cm³/mol. The average molecular weight is 304 g/mol. The normalized spacial score (nSPS) is 11.8. The molecular formula is C19H16N2O2. The molecule has 1 unspecified atom stereocenters. The molecule has 2 aromatic carbocycles. The molecule has 0 aliphatic carbocycles. The van der Waals surface area contributed by atoms with E-state index in [9.17, 15) is 4.79 Å². The lowest BCUT2D eigenvalue weighted by atomic mass is 9.96. The van der Waals surface area contributed by atoms with Gasteiger partial charge in [-0.25, -0.2) is 4.98 Å². The van der Waals surface area contributed by atoms with Gasteiger partial charge in [-0.2, -0.15) is 0 Å². The second-order valence-corrected chi connectivity index (χ2v) is 5.19. The quantitative estimate of drug-likeness (QED) is 0.727. The molecular weight excluding hydrogens is 288 g/mol. The van der Waals surface area contributed by atoms with Gasteiger partial charge in [-0.1, -0.05) is 42.5 Å². The number of aliphatic carboxylic acids is 1. The zero-order valence-corrected chi connectivity index (χ0v) is 12.5. The molecule has 3 aromatic rings. The highest BCUT2D eigenvalue weighted by Crippen LogP contribution is 2.24. The minimum Gasteiger partial charge on any atom is -0.481 e. The van der Waals surface area contributed by atoms with E-state index in [1.54, 1.807) is 12.5 Å². The van der Waals surface area contributed by atoms with Crippen LogP contribution in [0.1, 0.15) is 11.5 Å². The van der Waals surface area contributed by atoms with Crippen LogP contribution in [0.4, 0.5) is 0 Å². The maximum absolute atomic E-state index is 11.2. The molecule has 0 bridgehead atoms. The van der Waals surface area contributed by atoms with E-state index in [0.29, 0.717) is 0 Å². The number of carboxylic acid groups (broad SMARTS) is 1. The zero-order chi connectivity index (χ0) is 16.2. The highest BCUT2D eigenvalue weighted by molar-refractivity contribution is 5.78. The Morgan fingerprint density at radius 2 is 1.70 bits per heavy atom. The molecule has 3 rings (SSSR count). The van der Waals surface area contributed by atoms with Crippen molar-refractivity contribution in [1.82, 2.24) is 9.55 Å². The molecule has 0 saturated heterocycles. The van der Waals surface area contributed by atoms with Crippen molar-refractivity contribution < 1.29 is 9.90 Å². The van der Waals surface area contributed by atoms with E-state index < -0.39 is 11.9 Å². The first-order chi connectivity index (χ1) is 11.2. The van der Waals surface area contributed by atoms with Crippen molar-refractivity contribution in [3.05, 3.63) is 85.5 Å². The van der Waals surface area contributed by atoms with Crippen molar-refractivity contribution in [3.8, 4) is 16.8 Å². The van der Waals surface area contributed by atoms with Crippen molar-refractivity contribution in [2.24, 2.45) is 0 Å². The van der Waals surface area contributed by atoms with E-state index in [4.69, 9.17) is 5.11 Å². The summed E-state index contributed by atoms with van der Waals surface area (Å²) in [4.78, 5) is 15.2. The van der Waals surface area contributed by atoms with Crippen molar-refractivity contribution in [2.75, 3.05) is 0 Å². The van der Waals surface area contributed by atoms with Gasteiger partial charge < -0.3 is 9.67 Å². The second kappa shape index (κ2) is 6.32. The van der Waals surface area contributed by atoms with Gasteiger partial charge in [0.2, 0.25) is 0 Å². The van der Waals surface area contributed by atoms with Gasteiger partial charge in [-0.15, -0.1) is 6.58 Å². The molecule has 0 saturated carbocycles. The van der Waals surface area contributed by atoms with Crippen LogP contribution in [-0.4, -0.2) is 20.6 Å². The summed E-state index contributed by atoms with van der Waals surface area (Å²) in [7, 11) is 0. The summed E-state index contributed by atoms with van der Waals surface area (Å²) >= 11 is 0. The number of hydrogen-bond acceptors (Lipinski definition) is 2. The minimum atomic E-state index is -0.891. The first kappa shape index (κ1) is 14.8. The lowest BCUT2D eigenvalue weighted by Crippen LogP contribution is -2.08. The zero-order valence-electron chi connectivity index (χ0n) is 12.5. The summed E-state index contributed by atoms with van der Waals surface area (Å²) in [5.41, 5.74) is 3.89. The Balaban J connectivity index is 1.85. The summed E-state index contributed by atoms with van der Waals surface area (Å²) < 4.78 is 1.94. The molecule has 1 aromatic heterocycles. The highest BCUT2D eigenvalue weighted by Gasteiger charge is 2.15. The number of rotatable bonds is 5. The second-order valence-electron chi connectivity index (χ2n) is 5.19.